The highest BCUT2D eigenvalue weighted by molar-refractivity contribution is 6.38. The SMILES string of the molecule is O=C(O)c1c(Cl)c2ccccc2n1CC(F)(F)F. The van der Waals surface area contributed by atoms with E-state index < -0.39 is 24.4 Å². The first-order chi connectivity index (χ1) is 8.31. The van der Waals surface area contributed by atoms with Crippen molar-refractivity contribution in [2.45, 2.75) is 12.7 Å². The van der Waals surface area contributed by atoms with Gasteiger partial charge in [0.05, 0.1) is 10.5 Å². The molecule has 0 aliphatic heterocycles. The number of aromatic nitrogens is 1. The van der Waals surface area contributed by atoms with Crippen LogP contribution < -0.4 is 0 Å². The maximum Gasteiger partial charge on any atom is 0.406 e. The second-order valence-corrected chi connectivity index (χ2v) is 4.06. The summed E-state index contributed by atoms with van der Waals surface area (Å²) in [5.41, 5.74) is -0.396. The topological polar surface area (TPSA) is 42.2 Å². The molecular weight excluding hydrogens is 271 g/mol. The third-order valence-electron chi connectivity index (χ3n) is 2.45. The van der Waals surface area contributed by atoms with Crippen molar-refractivity contribution in [3.63, 3.8) is 0 Å². The van der Waals surface area contributed by atoms with Gasteiger partial charge in [-0.3, -0.25) is 0 Å². The van der Waals surface area contributed by atoms with E-state index >= 15 is 0 Å². The fourth-order valence-electron chi connectivity index (χ4n) is 1.81. The lowest BCUT2D eigenvalue weighted by molar-refractivity contribution is -0.140. The standard InChI is InChI=1S/C11H7ClF3NO2/c12-8-6-3-1-2-4-7(6)16(5-11(13,14)15)9(8)10(17)18/h1-4H,5H2,(H,17,18). The van der Waals surface area contributed by atoms with Crippen molar-refractivity contribution in [3.8, 4) is 0 Å². The van der Waals surface area contributed by atoms with Crippen LogP contribution in [0.5, 0.6) is 0 Å². The first kappa shape index (κ1) is 12.8. The normalized spacial score (nSPS) is 12.0. The highest BCUT2D eigenvalue weighted by Crippen LogP contribution is 2.33. The Morgan fingerprint density at radius 2 is 1.94 bits per heavy atom. The molecule has 0 saturated heterocycles. The van der Waals surface area contributed by atoms with Gasteiger partial charge in [0.2, 0.25) is 0 Å². The minimum absolute atomic E-state index is 0.150. The van der Waals surface area contributed by atoms with Crippen LogP contribution in [0.4, 0.5) is 13.2 Å². The fourth-order valence-corrected chi connectivity index (χ4v) is 2.16. The second kappa shape index (κ2) is 4.20. The van der Waals surface area contributed by atoms with E-state index in [1.807, 2.05) is 0 Å². The lowest BCUT2D eigenvalue weighted by atomic mass is 10.2. The first-order valence-corrected chi connectivity index (χ1v) is 5.26. The quantitative estimate of drug-likeness (QED) is 0.912. The van der Waals surface area contributed by atoms with Crippen LogP contribution >= 0.6 is 11.6 Å². The molecule has 0 unspecified atom stereocenters. The van der Waals surface area contributed by atoms with Crippen LogP contribution in [-0.2, 0) is 6.54 Å². The van der Waals surface area contributed by atoms with Crippen molar-refractivity contribution < 1.29 is 23.1 Å². The predicted molar refractivity (Wildman–Crippen MR) is 60.0 cm³/mol. The van der Waals surface area contributed by atoms with Gasteiger partial charge in [0.15, 0.2) is 0 Å². The summed E-state index contributed by atoms with van der Waals surface area (Å²) in [6, 6.07) is 5.99. The first-order valence-electron chi connectivity index (χ1n) is 4.88. The summed E-state index contributed by atoms with van der Waals surface area (Å²) < 4.78 is 38.1. The maximum atomic E-state index is 12.5. The van der Waals surface area contributed by atoms with Crippen LogP contribution in [0.2, 0.25) is 5.02 Å². The molecule has 1 heterocycles. The number of nitrogens with zero attached hydrogens (tertiary/aromatic N) is 1. The third-order valence-corrected chi connectivity index (χ3v) is 2.83. The van der Waals surface area contributed by atoms with Gasteiger partial charge < -0.3 is 9.67 Å². The molecule has 0 radical (unpaired) electrons. The summed E-state index contributed by atoms with van der Waals surface area (Å²) in [6.07, 6.45) is -4.52. The number of carbonyl (C=O) groups is 1. The number of rotatable bonds is 2. The number of hydrogen-bond acceptors (Lipinski definition) is 1. The van der Waals surface area contributed by atoms with Crippen molar-refractivity contribution in [2.75, 3.05) is 0 Å². The number of carboxylic acid groups (broad SMARTS) is 1. The number of carboxylic acids is 1. The summed E-state index contributed by atoms with van der Waals surface area (Å²) in [4.78, 5) is 11.0. The minimum atomic E-state index is -4.52. The van der Waals surface area contributed by atoms with E-state index in [1.54, 1.807) is 6.07 Å². The van der Waals surface area contributed by atoms with E-state index in [0.717, 1.165) is 0 Å². The maximum absolute atomic E-state index is 12.5. The molecule has 0 saturated carbocycles. The summed E-state index contributed by atoms with van der Waals surface area (Å²) in [5.74, 6) is -1.49. The predicted octanol–water partition coefficient (Wildman–Crippen LogP) is 3.56. The third kappa shape index (κ3) is 2.15. The molecule has 1 aromatic carbocycles. The lowest BCUT2D eigenvalue weighted by Crippen LogP contribution is -2.21. The van der Waals surface area contributed by atoms with Crippen LogP contribution in [0, 0.1) is 0 Å². The monoisotopic (exact) mass is 277 g/mol. The molecule has 1 N–H and O–H groups in total. The van der Waals surface area contributed by atoms with Crippen molar-refractivity contribution >= 4 is 28.5 Å². The molecule has 0 amide bonds. The summed E-state index contributed by atoms with van der Waals surface area (Å²) in [6.45, 7) is -1.39. The van der Waals surface area contributed by atoms with Crippen LogP contribution in [0.15, 0.2) is 24.3 Å². The lowest BCUT2D eigenvalue weighted by Gasteiger charge is -2.11. The molecule has 0 bridgehead atoms. The smallest absolute Gasteiger partial charge is 0.406 e. The van der Waals surface area contributed by atoms with E-state index in [1.165, 1.54) is 18.2 Å². The molecular formula is C11H7ClF3NO2. The molecule has 0 aliphatic rings. The Morgan fingerprint density at radius 3 is 2.50 bits per heavy atom. The zero-order chi connectivity index (χ0) is 13.5. The molecule has 2 aromatic rings. The van der Waals surface area contributed by atoms with Crippen LogP contribution in [-0.4, -0.2) is 21.8 Å². The van der Waals surface area contributed by atoms with Gasteiger partial charge in [-0.05, 0) is 6.07 Å². The number of benzene rings is 1. The van der Waals surface area contributed by atoms with Crippen LogP contribution in [0.25, 0.3) is 10.9 Å². The molecule has 96 valence electrons. The average Bonchev–Trinajstić information content (AvgIpc) is 2.51. The Hall–Kier alpha value is -1.69. The number of para-hydroxylation sites is 1. The van der Waals surface area contributed by atoms with Crippen LogP contribution in [0.1, 0.15) is 10.5 Å². The van der Waals surface area contributed by atoms with E-state index in [9.17, 15) is 18.0 Å². The Labute approximate surface area is 104 Å². The molecule has 0 aliphatic carbocycles. The molecule has 0 spiro atoms. The molecule has 0 atom stereocenters. The van der Waals surface area contributed by atoms with Crippen molar-refractivity contribution in [3.05, 3.63) is 35.0 Å². The Bertz CT molecular complexity index is 619. The second-order valence-electron chi connectivity index (χ2n) is 3.69. The molecule has 3 nitrogen and oxygen atoms in total. The van der Waals surface area contributed by atoms with E-state index in [-0.39, 0.29) is 10.5 Å². The van der Waals surface area contributed by atoms with Crippen molar-refractivity contribution in [1.29, 1.82) is 0 Å². The van der Waals surface area contributed by atoms with Gasteiger partial charge in [-0.25, -0.2) is 4.79 Å². The Morgan fingerprint density at radius 1 is 1.33 bits per heavy atom. The summed E-state index contributed by atoms with van der Waals surface area (Å²) >= 11 is 5.82. The van der Waals surface area contributed by atoms with Crippen molar-refractivity contribution in [1.82, 2.24) is 4.57 Å². The average molecular weight is 278 g/mol. The van der Waals surface area contributed by atoms with E-state index in [4.69, 9.17) is 16.7 Å². The number of hydrogen-bond donors (Lipinski definition) is 1. The molecule has 2 rings (SSSR count). The molecule has 18 heavy (non-hydrogen) atoms. The number of halogens is 4. The Balaban J connectivity index is 2.75. The van der Waals surface area contributed by atoms with Crippen LogP contribution in [0.3, 0.4) is 0 Å². The van der Waals surface area contributed by atoms with Gasteiger partial charge in [0.1, 0.15) is 12.2 Å². The minimum Gasteiger partial charge on any atom is -0.477 e. The molecule has 0 fully saturated rings. The molecule has 1 aromatic heterocycles. The van der Waals surface area contributed by atoms with E-state index in [0.29, 0.717) is 9.95 Å². The number of aromatic carboxylic acids is 1. The van der Waals surface area contributed by atoms with Crippen molar-refractivity contribution in [2.24, 2.45) is 0 Å². The van der Waals surface area contributed by atoms with Gasteiger partial charge in [0.25, 0.3) is 0 Å². The van der Waals surface area contributed by atoms with E-state index in [2.05, 4.69) is 0 Å². The zero-order valence-electron chi connectivity index (χ0n) is 8.83. The molecule has 7 heteroatoms. The number of fused-ring (bicyclic) bond motifs is 1. The highest BCUT2D eigenvalue weighted by Gasteiger charge is 2.32. The number of alkyl halides is 3. The fraction of sp³-hybridized carbons (Fsp3) is 0.182. The van der Waals surface area contributed by atoms with Gasteiger partial charge >= 0.3 is 12.1 Å². The van der Waals surface area contributed by atoms with Gasteiger partial charge in [0, 0.05) is 5.39 Å². The highest BCUT2D eigenvalue weighted by atomic mass is 35.5. The largest absolute Gasteiger partial charge is 0.477 e. The van der Waals surface area contributed by atoms with Gasteiger partial charge in [-0.2, -0.15) is 13.2 Å². The van der Waals surface area contributed by atoms with Gasteiger partial charge in [-0.15, -0.1) is 0 Å². The summed E-state index contributed by atoms with van der Waals surface area (Å²) in [5, 5.41) is 9.09. The summed E-state index contributed by atoms with van der Waals surface area (Å²) in [7, 11) is 0. The van der Waals surface area contributed by atoms with Gasteiger partial charge in [-0.1, -0.05) is 29.8 Å². The zero-order valence-corrected chi connectivity index (χ0v) is 9.59. The Kier molecular flexibility index (Phi) is 2.98.